The lowest BCUT2D eigenvalue weighted by atomic mass is 9.89. The summed E-state index contributed by atoms with van der Waals surface area (Å²) in [6.45, 7) is 6.61. The van der Waals surface area contributed by atoms with E-state index in [0.29, 0.717) is 0 Å². The fraction of sp³-hybridized carbons (Fsp3) is 0.107. The monoisotopic (exact) mass is 386 g/mol. The Morgan fingerprint density at radius 3 is 2.13 bits per heavy atom. The summed E-state index contributed by atoms with van der Waals surface area (Å²) in [5, 5.41) is 3.74. The molecule has 2 heteroatoms. The van der Waals surface area contributed by atoms with Gasteiger partial charge in [0.25, 0.3) is 0 Å². The van der Waals surface area contributed by atoms with Gasteiger partial charge in [0, 0.05) is 16.2 Å². The molecule has 2 nitrogen and oxygen atoms in total. The molecule has 0 unspecified atom stereocenters. The van der Waals surface area contributed by atoms with Crippen LogP contribution in [0, 0.1) is 20.8 Å². The lowest BCUT2D eigenvalue weighted by Crippen LogP contribution is -1.95. The molecular formula is C28H22N2. The molecule has 0 aliphatic heterocycles. The van der Waals surface area contributed by atoms with Crippen molar-refractivity contribution in [2.45, 2.75) is 20.8 Å². The van der Waals surface area contributed by atoms with Crippen molar-refractivity contribution < 1.29 is 0 Å². The zero-order chi connectivity index (χ0) is 20.4. The van der Waals surface area contributed by atoms with Crippen molar-refractivity contribution in [1.82, 2.24) is 9.38 Å². The highest BCUT2D eigenvalue weighted by Gasteiger charge is 2.17. The lowest BCUT2D eigenvalue weighted by Gasteiger charge is -2.17. The van der Waals surface area contributed by atoms with Crippen molar-refractivity contribution in [3.63, 3.8) is 0 Å². The maximum Gasteiger partial charge on any atom is 0.146 e. The standard InChI is InChI=1S/C28H22N2/c1-17-15-18(2)26(19(3)16-17)21-10-8-11-22-27(21)20-9-4-6-13-24(20)30-25-14-7-5-12-23(25)29-28(22)30/h4-16H,1-3H3. The molecule has 0 atom stereocenters. The zero-order valence-corrected chi connectivity index (χ0v) is 17.4. The Labute approximate surface area is 175 Å². The summed E-state index contributed by atoms with van der Waals surface area (Å²) in [7, 11) is 0. The van der Waals surface area contributed by atoms with E-state index in [2.05, 4.69) is 104 Å². The molecule has 0 saturated heterocycles. The highest BCUT2D eigenvalue weighted by atomic mass is 15.0. The number of aryl methyl sites for hydroxylation is 3. The first-order chi connectivity index (χ1) is 14.6. The lowest BCUT2D eigenvalue weighted by molar-refractivity contribution is 1.31. The number of rotatable bonds is 1. The third kappa shape index (κ3) is 2.28. The van der Waals surface area contributed by atoms with Gasteiger partial charge in [-0.25, -0.2) is 4.98 Å². The highest BCUT2D eigenvalue weighted by molar-refractivity contribution is 6.19. The molecule has 0 amide bonds. The molecule has 4 aromatic carbocycles. The van der Waals surface area contributed by atoms with Gasteiger partial charge in [-0.15, -0.1) is 0 Å². The van der Waals surface area contributed by atoms with Crippen LogP contribution in [-0.2, 0) is 0 Å². The maximum atomic E-state index is 5.05. The molecule has 0 aliphatic rings. The first-order valence-corrected chi connectivity index (χ1v) is 10.4. The van der Waals surface area contributed by atoms with E-state index in [9.17, 15) is 0 Å². The molecule has 0 radical (unpaired) electrons. The van der Waals surface area contributed by atoms with Crippen LogP contribution in [-0.4, -0.2) is 9.38 Å². The number of nitrogens with zero attached hydrogens (tertiary/aromatic N) is 2. The smallest absolute Gasteiger partial charge is 0.146 e. The van der Waals surface area contributed by atoms with E-state index in [4.69, 9.17) is 4.98 Å². The van der Waals surface area contributed by atoms with Crippen molar-refractivity contribution in [3.05, 3.63) is 95.6 Å². The Morgan fingerprint density at radius 2 is 1.33 bits per heavy atom. The SMILES string of the molecule is Cc1cc(C)c(-c2cccc3c2c2ccccc2n2c4ccccc4nc32)c(C)c1. The fourth-order valence-electron chi connectivity index (χ4n) is 5.17. The second-order valence-corrected chi connectivity index (χ2v) is 8.28. The minimum absolute atomic E-state index is 1.02. The Morgan fingerprint density at radius 1 is 0.667 bits per heavy atom. The predicted molar refractivity (Wildman–Crippen MR) is 127 cm³/mol. The average molecular weight is 386 g/mol. The summed E-state index contributed by atoms with van der Waals surface area (Å²) in [4.78, 5) is 5.05. The minimum Gasteiger partial charge on any atom is -0.292 e. The molecule has 0 bridgehead atoms. The van der Waals surface area contributed by atoms with Crippen LogP contribution in [0.1, 0.15) is 16.7 Å². The van der Waals surface area contributed by atoms with E-state index in [1.807, 2.05) is 0 Å². The van der Waals surface area contributed by atoms with Crippen molar-refractivity contribution in [2.75, 3.05) is 0 Å². The van der Waals surface area contributed by atoms with Crippen LogP contribution in [0.4, 0.5) is 0 Å². The number of pyridine rings is 1. The summed E-state index contributed by atoms with van der Waals surface area (Å²) < 4.78 is 2.31. The van der Waals surface area contributed by atoms with Gasteiger partial charge in [0.05, 0.1) is 16.6 Å². The quantitative estimate of drug-likeness (QED) is 0.269. The summed E-state index contributed by atoms with van der Waals surface area (Å²) in [5.41, 5.74) is 11.0. The zero-order valence-electron chi connectivity index (χ0n) is 17.4. The molecule has 0 spiro atoms. The molecule has 0 N–H and O–H groups in total. The second-order valence-electron chi connectivity index (χ2n) is 8.28. The van der Waals surface area contributed by atoms with Crippen LogP contribution in [0.2, 0.25) is 0 Å². The van der Waals surface area contributed by atoms with Crippen molar-refractivity contribution in [1.29, 1.82) is 0 Å². The van der Waals surface area contributed by atoms with Crippen LogP contribution in [0.25, 0.3) is 49.5 Å². The Kier molecular flexibility index (Phi) is 3.54. The Balaban J connectivity index is 1.90. The van der Waals surface area contributed by atoms with Gasteiger partial charge in [-0.05, 0) is 61.2 Å². The first-order valence-electron chi connectivity index (χ1n) is 10.4. The fourth-order valence-corrected chi connectivity index (χ4v) is 5.17. The van der Waals surface area contributed by atoms with E-state index < -0.39 is 0 Å². The van der Waals surface area contributed by atoms with Crippen LogP contribution in [0.5, 0.6) is 0 Å². The van der Waals surface area contributed by atoms with E-state index in [0.717, 1.165) is 16.7 Å². The van der Waals surface area contributed by atoms with Crippen LogP contribution in [0.15, 0.2) is 78.9 Å². The molecule has 0 aliphatic carbocycles. The summed E-state index contributed by atoms with van der Waals surface area (Å²) in [6, 6.07) is 28.3. The van der Waals surface area contributed by atoms with Gasteiger partial charge in [-0.3, -0.25) is 4.40 Å². The van der Waals surface area contributed by atoms with Gasteiger partial charge < -0.3 is 0 Å². The van der Waals surface area contributed by atoms with E-state index in [1.54, 1.807) is 0 Å². The van der Waals surface area contributed by atoms with E-state index >= 15 is 0 Å². The van der Waals surface area contributed by atoms with Gasteiger partial charge in [0.15, 0.2) is 0 Å². The number of para-hydroxylation sites is 3. The number of imidazole rings is 1. The summed E-state index contributed by atoms with van der Waals surface area (Å²) in [6.07, 6.45) is 0. The largest absolute Gasteiger partial charge is 0.292 e. The predicted octanol–water partition coefficient (Wildman–Crippen LogP) is 7.39. The molecule has 0 saturated carbocycles. The number of fused-ring (bicyclic) bond motifs is 8. The molecular weight excluding hydrogens is 364 g/mol. The number of aromatic nitrogens is 2. The van der Waals surface area contributed by atoms with Crippen molar-refractivity contribution in [3.8, 4) is 11.1 Å². The normalized spacial score (nSPS) is 11.8. The topological polar surface area (TPSA) is 17.3 Å². The summed E-state index contributed by atoms with van der Waals surface area (Å²) in [5.74, 6) is 0. The third-order valence-corrected chi connectivity index (χ3v) is 6.23. The van der Waals surface area contributed by atoms with Gasteiger partial charge in [-0.1, -0.05) is 66.2 Å². The average Bonchev–Trinajstić information content (AvgIpc) is 3.13. The first kappa shape index (κ1) is 17.2. The highest BCUT2D eigenvalue weighted by Crippen LogP contribution is 2.40. The molecule has 0 fully saturated rings. The maximum absolute atomic E-state index is 5.05. The Hall–Kier alpha value is -3.65. The number of benzene rings is 4. The third-order valence-electron chi connectivity index (χ3n) is 6.23. The van der Waals surface area contributed by atoms with Crippen molar-refractivity contribution in [2.24, 2.45) is 0 Å². The van der Waals surface area contributed by atoms with Crippen LogP contribution in [0.3, 0.4) is 0 Å². The molecule has 6 rings (SSSR count). The van der Waals surface area contributed by atoms with Gasteiger partial charge >= 0.3 is 0 Å². The molecule has 30 heavy (non-hydrogen) atoms. The van der Waals surface area contributed by atoms with Gasteiger partial charge in [-0.2, -0.15) is 0 Å². The van der Waals surface area contributed by atoms with Crippen LogP contribution >= 0.6 is 0 Å². The summed E-state index contributed by atoms with van der Waals surface area (Å²) >= 11 is 0. The minimum atomic E-state index is 1.02. The van der Waals surface area contributed by atoms with E-state index in [1.165, 1.54) is 49.5 Å². The molecule has 144 valence electrons. The second kappa shape index (κ2) is 6.17. The Bertz CT molecular complexity index is 1600. The molecule has 6 aromatic rings. The number of hydrogen-bond donors (Lipinski definition) is 0. The van der Waals surface area contributed by atoms with Crippen molar-refractivity contribution >= 4 is 38.4 Å². The molecule has 2 heterocycles. The molecule has 2 aromatic heterocycles. The van der Waals surface area contributed by atoms with E-state index in [-0.39, 0.29) is 0 Å². The van der Waals surface area contributed by atoms with Crippen LogP contribution < -0.4 is 0 Å². The van der Waals surface area contributed by atoms with Gasteiger partial charge in [0.1, 0.15) is 5.65 Å². The van der Waals surface area contributed by atoms with Gasteiger partial charge in [0.2, 0.25) is 0 Å². The number of hydrogen-bond acceptors (Lipinski definition) is 1.